The van der Waals surface area contributed by atoms with Crippen LogP contribution in [-0.2, 0) is 13.0 Å². The number of hydrogen-bond donors (Lipinski definition) is 1. The number of pyridine rings is 1. The molecule has 2 heteroatoms. The van der Waals surface area contributed by atoms with Gasteiger partial charge in [-0.2, -0.15) is 0 Å². The fourth-order valence-electron chi connectivity index (χ4n) is 1.79. The van der Waals surface area contributed by atoms with Crippen LogP contribution < -0.4 is 5.32 Å². The normalized spacial score (nSPS) is 10.3. The van der Waals surface area contributed by atoms with Crippen molar-refractivity contribution < 1.29 is 0 Å². The summed E-state index contributed by atoms with van der Waals surface area (Å²) in [4.78, 5) is 4.13. The van der Waals surface area contributed by atoms with Crippen molar-refractivity contribution in [3.8, 4) is 0 Å². The van der Waals surface area contributed by atoms with E-state index in [1.165, 1.54) is 16.7 Å². The van der Waals surface area contributed by atoms with Gasteiger partial charge in [-0.3, -0.25) is 4.98 Å². The SMILES string of the molecule is CNCc1cccc(Cc2cccnc2)c1. The van der Waals surface area contributed by atoms with Gasteiger partial charge in [0.1, 0.15) is 0 Å². The molecule has 0 aliphatic heterocycles. The average Bonchev–Trinajstić information content (AvgIpc) is 2.31. The zero-order chi connectivity index (χ0) is 11.2. The molecule has 0 radical (unpaired) electrons. The first-order valence-electron chi connectivity index (χ1n) is 5.50. The van der Waals surface area contributed by atoms with Crippen LogP contribution in [0.3, 0.4) is 0 Å². The summed E-state index contributed by atoms with van der Waals surface area (Å²) in [7, 11) is 1.97. The molecule has 1 N–H and O–H groups in total. The standard InChI is InChI=1S/C14H16N2/c1-15-10-13-5-2-4-12(8-13)9-14-6-3-7-16-11-14/h2-8,11,15H,9-10H2,1H3. The van der Waals surface area contributed by atoms with Gasteiger partial charge < -0.3 is 5.32 Å². The molecule has 1 aromatic carbocycles. The monoisotopic (exact) mass is 212 g/mol. The summed E-state index contributed by atoms with van der Waals surface area (Å²) in [6.45, 7) is 0.918. The van der Waals surface area contributed by atoms with Crippen LogP contribution in [0.15, 0.2) is 48.8 Å². The predicted molar refractivity (Wildman–Crippen MR) is 66.2 cm³/mol. The summed E-state index contributed by atoms with van der Waals surface area (Å²) < 4.78 is 0. The minimum atomic E-state index is 0.918. The van der Waals surface area contributed by atoms with Crippen molar-refractivity contribution in [3.05, 3.63) is 65.5 Å². The molecule has 2 rings (SSSR count). The van der Waals surface area contributed by atoms with Gasteiger partial charge in [0.2, 0.25) is 0 Å². The third kappa shape index (κ3) is 2.91. The van der Waals surface area contributed by atoms with Gasteiger partial charge in [-0.1, -0.05) is 30.3 Å². The van der Waals surface area contributed by atoms with Gasteiger partial charge in [-0.15, -0.1) is 0 Å². The molecule has 0 aliphatic rings. The summed E-state index contributed by atoms with van der Waals surface area (Å²) in [5.74, 6) is 0. The van der Waals surface area contributed by atoms with E-state index in [2.05, 4.69) is 40.6 Å². The summed E-state index contributed by atoms with van der Waals surface area (Å²) in [5.41, 5.74) is 3.91. The number of benzene rings is 1. The molecule has 1 heterocycles. The molecule has 0 atom stereocenters. The van der Waals surface area contributed by atoms with E-state index in [9.17, 15) is 0 Å². The number of nitrogens with zero attached hydrogens (tertiary/aromatic N) is 1. The van der Waals surface area contributed by atoms with Crippen molar-refractivity contribution in [3.63, 3.8) is 0 Å². The van der Waals surface area contributed by atoms with Crippen LogP contribution in [0, 0.1) is 0 Å². The van der Waals surface area contributed by atoms with E-state index in [1.54, 1.807) is 6.20 Å². The fraction of sp³-hybridized carbons (Fsp3) is 0.214. The first kappa shape index (κ1) is 10.8. The Hall–Kier alpha value is -1.67. The average molecular weight is 212 g/mol. The summed E-state index contributed by atoms with van der Waals surface area (Å²) in [5, 5.41) is 3.16. The Labute approximate surface area is 96.4 Å². The van der Waals surface area contributed by atoms with Crippen molar-refractivity contribution in [1.82, 2.24) is 10.3 Å². The minimum Gasteiger partial charge on any atom is -0.316 e. The molecule has 0 saturated heterocycles. The molecular weight excluding hydrogens is 196 g/mol. The Kier molecular flexibility index (Phi) is 3.67. The molecule has 0 unspecified atom stereocenters. The molecule has 0 fully saturated rings. The minimum absolute atomic E-state index is 0.918. The Morgan fingerprint density at radius 2 is 1.88 bits per heavy atom. The lowest BCUT2D eigenvalue weighted by molar-refractivity contribution is 0.816. The molecule has 16 heavy (non-hydrogen) atoms. The van der Waals surface area contributed by atoms with Crippen LogP contribution in [0.4, 0.5) is 0 Å². The Balaban J connectivity index is 2.12. The van der Waals surface area contributed by atoms with Crippen LogP contribution in [-0.4, -0.2) is 12.0 Å². The second-order valence-electron chi connectivity index (χ2n) is 3.89. The second-order valence-corrected chi connectivity index (χ2v) is 3.89. The van der Waals surface area contributed by atoms with Crippen LogP contribution >= 0.6 is 0 Å². The Bertz CT molecular complexity index is 437. The van der Waals surface area contributed by atoms with Crippen molar-refractivity contribution in [2.75, 3.05) is 7.05 Å². The van der Waals surface area contributed by atoms with E-state index in [4.69, 9.17) is 0 Å². The Morgan fingerprint density at radius 3 is 2.62 bits per heavy atom. The lowest BCUT2D eigenvalue weighted by atomic mass is 10.0. The molecule has 0 bridgehead atoms. The first-order valence-corrected chi connectivity index (χ1v) is 5.50. The summed E-state index contributed by atoms with van der Waals surface area (Å²) >= 11 is 0. The molecular formula is C14H16N2. The van der Waals surface area contributed by atoms with Crippen molar-refractivity contribution in [2.45, 2.75) is 13.0 Å². The highest BCUT2D eigenvalue weighted by molar-refractivity contribution is 5.28. The van der Waals surface area contributed by atoms with Crippen molar-refractivity contribution in [2.24, 2.45) is 0 Å². The number of rotatable bonds is 4. The maximum Gasteiger partial charge on any atom is 0.0303 e. The fourth-order valence-corrected chi connectivity index (χ4v) is 1.79. The number of aromatic nitrogens is 1. The van der Waals surface area contributed by atoms with E-state index in [1.807, 2.05) is 19.3 Å². The lowest BCUT2D eigenvalue weighted by Gasteiger charge is -2.04. The lowest BCUT2D eigenvalue weighted by Crippen LogP contribution is -2.05. The van der Waals surface area contributed by atoms with Gasteiger partial charge in [0, 0.05) is 18.9 Å². The first-order chi connectivity index (χ1) is 7.88. The maximum absolute atomic E-state index is 4.13. The van der Waals surface area contributed by atoms with Gasteiger partial charge >= 0.3 is 0 Å². The molecule has 0 spiro atoms. The van der Waals surface area contributed by atoms with Crippen LogP contribution in [0.2, 0.25) is 0 Å². The third-order valence-electron chi connectivity index (χ3n) is 2.50. The summed E-state index contributed by atoms with van der Waals surface area (Å²) in [6, 6.07) is 12.7. The zero-order valence-corrected chi connectivity index (χ0v) is 9.48. The smallest absolute Gasteiger partial charge is 0.0303 e. The highest BCUT2D eigenvalue weighted by Gasteiger charge is 1.97. The zero-order valence-electron chi connectivity index (χ0n) is 9.48. The van der Waals surface area contributed by atoms with E-state index in [0.29, 0.717) is 0 Å². The van der Waals surface area contributed by atoms with Gasteiger partial charge in [-0.25, -0.2) is 0 Å². The van der Waals surface area contributed by atoms with Gasteiger partial charge in [-0.05, 0) is 36.2 Å². The van der Waals surface area contributed by atoms with E-state index >= 15 is 0 Å². The molecule has 1 aromatic heterocycles. The van der Waals surface area contributed by atoms with Crippen molar-refractivity contribution >= 4 is 0 Å². The van der Waals surface area contributed by atoms with Gasteiger partial charge in [0.05, 0.1) is 0 Å². The topological polar surface area (TPSA) is 24.9 Å². The van der Waals surface area contributed by atoms with E-state index in [0.717, 1.165) is 13.0 Å². The number of hydrogen-bond acceptors (Lipinski definition) is 2. The van der Waals surface area contributed by atoms with Gasteiger partial charge in [0.15, 0.2) is 0 Å². The molecule has 0 amide bonds. The molecule has 0 aliphatic carbocycles. The molecule has 82 valence electrons. The van der Waals surface area contributed by atoms with Crippen LogP contribution in [0.5, 0.6) is 0 Å². The molecule has 2 nitrogen and oxygen atoms in total. The van der Waals surface area contributed by atoms with E-state index in [-0.39, 0.29) is 0 Å². The number of nitrogens with one attached hydrogen (secondary N) is 1. The maximum atomic E-state index is 4.13. The quantitative estimate of drug-likeness (QED) is 0.841. The molecule has 2 aromatic rings. The van der Waals surface area contributed by atoms with Crippen molar-refractivity contribution in [1.29, 1.82) is 0 Å². The Morgan fingerprint density at radius 1 is 1.06 bits per heavy atom. The predicted octanol–water partition coefficient (Wildman–Crippen LogP) is 2.39. The molecule has 0 saturated carbocycles. The second kappa shape index (κ2) is 5.42. The highest BCUT2D eigenvalue weighted by Crippen LogP contribution is 2.10. The van der Waals surface area contributed by atoms with Crippen LogP contribution in [0.1, 0.15) is 16.7 Å². The van der Waals surface area contributed by atoms with Gasteiger partial charge in [0.25, 0.3) is 0 Å². The van der Waals surface area contributed by atoms with Crippen LogP contribution in [0.25, 0.3) is 0 Å². The third-order valence-corrected chi connectivity index (χ3v) is 2.50. The highest BCUT2D eigenvalue weighted by atomic mass is 14.8. The largest absolute Gasteiger partial charge is 0.316 e. The summed E-state index contributed by atoms with van der Waals surface area (Å²) in [6.07, 6.45) is 4.68. The van der Waals surface area contributed by atoms with E-state index < -0.39 is 0 Å².